The van der Waals surface area contributed by atoms with E-state index in [4.69, 9.17) is 4.74 Å². The Bertz CT molecular complexity index is 766. The third kappa shape index (κ3) is 5.31. The van der Waals surface area contributed by atoms with Gasteiger partial charge in [0, 0.05) is 42.1 Å². The predicted molar refractivity (Wildman–Crippen MR) is 107 cm³/mol. The molecule has 6 nitrogen and oxygen atoms in total. The van der Waals surface area contributed by atoms with Gasteiger partial charge in [-0.05, 0) is 55.0 Å². The number of anilines is 3. The number of hydrogen-bond donors (Lipinski definition) is 2. The standard InChI is InChI=1S/C21H25N3O3/c1-2-3-20(25)22-17-6-4-16(5-7-17)21(26)23-18-8-10-19(11-9-18)24-12-14-27-15-13-24/h4-11H,2-3,12-15H2,1H3,(H,22,25)(H,23,26). The third-order valence-electron chi connectivity index (χ3n) is 4.41. The van der Waals surface area contributed by atoms with E-state index in [1.165, 1.54) is 0 Å². The summed E-state index contributed by atoms with van der Waals surface area (Å²) in [4.78, 5) is 26.3. The number of nitrogens with one attached hydrogen (secondary N) is 2. The zero-order valence-corrected chi connectivity index (χ0v) is 15.5. The number of carbonyl (C=O) groups excluding carboxylic acids is 2. The number of benzene rings is 2. The highest BCUT2D eigenvalue weighted by molar-refractivity contribution is 6.04. The Balaban J connectivity index is 1.57. The van der Waals surface area contributed by atoms with Gasteiger partial charge in [-0.15, -0.1) is 0 Å². The van der Waals surface area contributed by atoms with E-state index < -0.39 is 0 Å². The Morgan fingerprint density at radius 1 is 0.926 bits per heavy atom. The van der Waals surface area contributed by atoms with E-state index in [1.54, 1.807) is 24.3 Å². The molecule has 0 atom stereocenters. The van der Waals surface area contributed by atoms with Crippen LogP contribution in [0.15, 0.2) is 48.5 Å². The first-order valence-electron chi connectivity index (χ1n) is 9.30. The minimum atomic E-state index is -0.180. The molecule has 2 aromatic rings. The predicted octanol–water partition coefficient (Wildman–Crippen LogP) is 3.51. The van der Waals surface area contributed by atoms with Gasteiger partial charge in [0.15, 0.2) is 0 Å². The Labute approximate surface area is 159 Å². The van der Waals surface area contributed by atoms with E-state index >= 15 is 0 Å². The topological polar surface area (TPSA) is 70.7 Å². The van der Waals surface area contributed by atoms with Crippen molar-refractivity contribution in [1.82, 2.24) is 0 Å². The van der Waals surface area contributed by atoms with Crippen LogP contribution in [0.4, 0.5) is 17.1 Å². The lowest BCUT2D eigenvalue weighted by molar-refractivity contribution is -0.116. The number of hydrogen-bond acceptors (Lipinski definition) is 4. The maximum absolute atomic E-state index is 12.4. The normalized spacial score (nSPS) is 13.9. The summed E-state index contributed by atoms with van der Waals surface area (Å²) in [5, 5.41) is 5.71. The van der Waals surface area contributed by atoms with Crippen LogP contribution in [0.1, 0.15) is 30.1 Å². The lowest BCUT2D eigenvalue weighted by Crippen LogP contribution is -2.36. The summed E-state index contributed by atoms with van der Waals surface area (Å²) >= 11 is 0. The fraction of sp³-hybridized carbons (Fsp3) is 0.333. The van der Waals surface area contributed by atoms with Crippen molar-refractivity contribution in [3.05, 3.63) is 54.1 Å². The molecule has 1 saturated heterocycles. The van der Waals surface area contributed by atoms with Gasteiger partial charge in [0.2, 0.25) is 5.91 Å². The molecule has 0 bridgehead atoms. The Hall–Kier alpha value is -2.86. The zero-order chi connectivity index (χ0) is 19.1. The summed E-state index contributed by atoms with van der Waals surface area (Å²) in [6.45, 7) is 5.21. The second-order valence-corrected chi connectivity index (χ2v) is 6.48. The van der Waals surface area contributed by atoms with Crippen LogP contribution >= 0.6 is 0 Å². The van der Waals surface area contributed by atoms with Crippen LogP contribution in [0.3, 0.4) is 0 Å². The summed E-state index contributed by atoms with van der Waals surface area (Å²) in [5.74, 6) is -0.199. The summed E-state index contributed by atoms with van der Waals surface area (Å²) in [7, 11) is 0. The van der Waals surface area contributed by atoms with E-state index in [-0.39, 0.29) is 11.8 Å². The van der Waals surface area contributed by atoms with Gasteiger partial charge in [0.25, 0.3) is 5.91 Å². The maximum Gasteiger partial charge on any atom is 0.255 e. The number of carbonyl (C=O) groups is 2. The molecule has 27 heavy (non-hydrogen) atoms. The van der Waals surface area contributed by atoms with E-state index in [2.05, 4.69) is 15.5 Å². The van der Waals surface area contributed by atoms with Crippen molar-refractivity contribution >= 4 is 28.9 Å². The highest BCUT2D eigenvalue weighted by Crippen LogP contribution is 2.20. The minimum Gasteiger partial charge on any atom is -0.378 e. The molecule has 1 aliphatic rings. The van der Waals surface area contributed by atoms with Crippen LogP contribution in [0.2, 0.25) is 0 Å². The fourth-order valence-corrected chi connectivity index (χ4v) is 2.94. The molecule has 0 radical (unpaired) electrons. The number of morpholine rings is 1. The first-order chi connectivity index (χ1) is 13.2. The quantitative estimate of drug-likeness (QED) is 0.820. The monoisotopic (exact) mass is 367 g/mol. The smallest absolute Gasteiger partial charge is 0.255 e. The average molecular weight is 367 g/mol. The first-order valence-corrected chi connectivity index (χ1v) is 9.30. The van der Waals surface area contributed by atoms with Gasteiger partial charge in [-0.2, -0.15) is 0 Å². The second kappa shape index (κ2) is 9.19. The number of rotatable bonds is 6. The van der Waals surface area contributed by atoms with Crippen LogP contribution in [0.25, 0.3) is 0 Å². The molecular weight excluding hydrogens is 342 g/mol. The van der Waals surface area contributed by atoms with Crippen molar-refractivity contribution in [3.8, 4) is 0 Å². The van der Waals surface area contributed by atoms with E-state index in [9.17, 15) is 9.59 Å². The lowest BCUT2D eigenvalue weighted by atomic mass is 10.1. The van der Waals surface area contributed by atoms with Crippen LogP contribution in [0, 0.1) is 0 Å². The summed E-state index contributed by atoms with van der Waals surface area (Å²) in [6.07, 6.45) is 1.29. The molecular formula is C21H25N3O3. The van der Waals surface area contributed by atoms with Crippen molar-refractivity contribution in [2.45, 2.75) is 19.8 Å². The van der Waals surface area contributed by atoms with Crippen LogP contribution in [-0.2, 0) is 9.53 Å². The minimum absolute atomic E-state index is 0.0185. The summed E-state index contributed by atoms with van der Waals surface area (Å²) in [5.41, 5.74) is 3.11. The van der Waals surface area contributed by atoms with Crippen LogP contribution < -0.4 is 15.5 Å². The largest absolute Gasteiger partial charge is 0.378 e. The molecule has 0 aliphatic carbocycles. The number of nitrogens with zero attached hydrogens (tertiary/aromatic N) is 1. The SMILES string of the molecule is CCCC(=O)Nc1ccc(C(=O)Nc2ccc(N3CCOCC3)cc2)cc1. The highest BCUT2D eigenvalue weighted by Gasteiger charge is 2.12. The molecule has 0 spiro atoms. The molecule has 2 N–H and O–H groups in total. The highest BCUT2D eigenvalue weighted by atomic mass is 16.5. The fourth-order valence-electron chi connectivity index (χ4n) is 2.94. The average Bonchev–Trinajstić information content (AvgIpc) is 2.70. The molecule has 1 heterocycles. The van der Waals surface area contributed by atoms with Crippen LogP contribution in [0.5, 0.6) is 0 Å². The molecule has 2 amide bonds. The van der Waals surface area contributed by atoms with E-state index in [0.29, 0.717) is 17.7 Å². The van der Waals surface area contributed by atoms with Crippen molar-refractivity contribution in [2.24, 2.45) is 0 Å². The third-order valence-corrected chi connectivity index (χ3v) is 4.41. The Kier molecular flexibility index (Phi) is 6.44. The molecule has 1 aliphatic heterocycles. The van der Waals surface area contributed by atoms with Gasteiger partial charge >= 0.3 is 0 Å². The molecule has 2 aromatic carbocycles. The number of ether oxygens (including phenoxy) is 1. The molecule has 142 valence electrons. The summed E-state index contributed by atoms with van der Waals surface area (Å²) in [6, 6.07) is 14.7. The second-order valence-electron chi connectivity index (χ2n) is 6.48. The summed E-state index contributed by atoms with van der Waals surface area (Å²) < 4.78 is 5.37. The van der Waals surface area contributed by atoms with Crippen molar-refractivity contribution in [3.63, 3.8) is 0 Å². The van der Waals surface area contributed by atoms with Crippen molar-refractivity contribution in [2.75, 3.05) is 41.8 Å². The van der Waals surface area contributed by atoms with E-state index in [0.717, 1.165) is 44.1 Å². The van der Waals surface area contributed by atoms with Gasteiger partial charge in [-0.25, -0.2) is 0 Å². The van der Waals surface area contributed by atoms with Crippen molar-refractivity contribution < 1.29 is 14.3 Å². The molecule has 0 saturated carbocycles. The van der Waals surface area contributed by atoms with Gasteiger partial charge in [-0.1, -0.05) is 6.92 Å². The van der Waals surface area contributed by atoms with Gasteiger partial charge in [-0.3, -0.25) is 9.59 Å². The molecule has 0 unspecified atom stereocenters. The van der Waals surface area contributed by atoms with Gasteiger partial charge in [0.05, 0.1) is 13.2 Å². The molecule has 3 rings (SSSR count). The van der Waals surface area contributed by atoms with Crippen molar-refractivity contribution in [1.29, 1.82) is 0 Å². The molecule has 6 heteroatoms. The molecule has 0 aromatic heterocycles. The van der Waals surface area contributed by atoms with Gasteiger partial charge < -0.3 is 20.3 Å². The first kappa shape index (κ1) is 18.9. The number of amides is 2. The zero-order valence-electron chi connectivity index (χ0n) is 15.5. The Morgan fingerprint density at radius 2 is 1.52 bits per heavy atom. The van der Waals surface area contributed by atoms with Gasteiger partial charge in [0.1, 0.15) is 0 Å². The molecule has 1 fully saturated rings. The van der Waals surface area contributed by atoms with E-state index in [1.807, 2.05) is 31.2 Å². The van der Waals surface area contributed by atoms with Crippen LogP contribution in [-0.4, -0.2) is 38.1 Å². The maximum atomic E-state index is 12.4. The Morgan fingerprint density at radius 3 is 2.15 bits per heavy atom. The lowest BCUT2D eigenvalue weighted by Gasteiger charge is -2.28.